The summed E-state index contributed by atoms with van der Waals surface area (Å²) in [6.07, 6.45) is 0. The molecule has 7 nitrogen and oxygen atoms in total. The fourth-order valence-corrected chi connectivity index (χ4v) is 2.89. The van der Waals surface area contributed by atoms with Crippen LogP contribution in [0.15, 0.2) is 51.5 Å². The molecule has 0 fully saturated rings. The lowest BCUT2D eigenvalue weighted by Gasteiger charge is -2.16. The molecule has 27 heavy (non-hydrogen) atoms. The lowest BCUT2D eigenvalue weighted by Crippen LogP contribution is -2.26. The van der Waals surface area contributed by atoms with Crippen LogP contribution in [0.3, 0.4) is 0 Å². The zero-order valence-corrected chi connectivity index (χ0v) is 16.7. The van der Waals surface area contributed by atoms with Gasteiger partial charge in [0, 0.05) is 28.7 Å². The third kappa shape index (κ3) is 4.46. The van der Waals surface area contributed by atoms with Gasteiger partial charge in [-0.1, -0.05) is 33.2 Å². The number of aromatic nitrogens is 2. The maximum atomic E-state index is 12.7. The molecule has 0 aliphatic carbocycles. The summed E-state index contributed by atoms with van der Waals surface area (Å²) in [6, 6.07) is 12.6. The maximum absolute atomic E-state index is 12.7. The SMILES string of the molecule is COc1cc(OC)cc(C(=O)N(C)Cc2nc(-c3cccc(Br)c3)no2)c1. The van der Waals surface area contributed by atoms with Gasteiger partial charge in [0.05, 0.1) is 20.8 Å². The lowest BCUT2D eigenvalue weighted by atomic mass is 10.1. The number of amides is 1. The molecular weight excluding hydrogens is 414 g/mol. The summed E-state index contributed by atoms with van der Waals surface area (Å²) in [5, 5.41) is 3.98. The average Bonchev–Trinajstić information content (AvgIpc) is 3.15. The Balaban J connectivity index is 1.76. The summed E-state index contributed by atoms with van der Waals surface area (Å²) < 4.78 is 16.6. The third-order valence-corrected chi connectivity index (χ3v) is 4.36. The highest BCUT2D eigenvalue weighted by molar-refractivity contribution is 9.10. The second kappa shape index (κ2) is 8.22. The number of carbonyl (C=O) groups is 1. The Morgan fingerprint density at radius 1 is 1.15 bits per heavy atom. The Bertz CT molecular complexity index is 935. The Morgan fingerprint density at radius 3 is 2.48 bits per heavy atom. The van der Waals surface area contributed by atoms with E-state index in [1.54, 1.807) is 25.2 Å². The zero-order chi connectivity index (χ0) is 19.4. The molecule has 0 unspecified atom stereocenters. The molecule has 0 N–H and O–H groups in total. The summed E-state index contributed by atoms with van der Waals surface area (Å²) >= 11 is 3.42. The summed E-state index contributed by atoms with van der Waals surface area (Å²) in [5.41, 5.74) is 1.27. The number of methoxy groups -OCH3 is 2. The molecule has 0 radical (unpaired) electrons. The molecule has 3 aromatic rings. The molecule has 140 valence electrons. The van der Waals surface area contributed by atoms with Crippen LogP contribution < -0.4 is 9.47 Å². The minimum Gasteiger partial charge on any atom is -0.497 e. The van der Waals surface area contributed by atoms with Crippen LogP contribution in [0.25, 0.3) is 11.4 Å². The quantitative estimate of drug-likeness (QED) is 0.590. The Labute approximate surface area is 165 Å². The van der Waals surface area contributed by atoms with Crippen molar-refractivity contribution in [3.63, 3.8) is 0 Å². The van der Waals surface area contributed by atoms with E-state index in [1.807, 2.05) is 24.3 Å². The summed E-state index contributed by atoms with van der Waals surface area (Å²) in [6.45, 7) is 0.180. The summed E-state index contributed by atoms with van der Waals surface area (Å²) in [5.74, 6) is 1.68. The van der Waals surface area contributed by atoms with Crippen LogP contribution in [-0.4, -0.2) is 42.2 Å². The molecule has 8 heteroatoms. The Morgan fingerprint density at radius 2 is 1.85 bits per heavy atom. The van der Waals surface area contributed by atoms with Gasteiger partial charge in [0.25, 0.3) is 5.91 Å². The number of halogens is 1. The van der Waals surface area contributed by atoms with E-state index in [0.29, 0.717) is 28.8 Å². The largest absolute Gasteiger partial charge is 0.497 e. The number of hydrogen-bond acceptors (Lipinski definition) is 6. The average molecular weight is 432 g/mol. The van der Waals surface area contributed by atoms with E-state index < -0.39 is 0 Å². The van der Waals surface area contributed by atoms with Crippen molar-refractivity contribution in [3.05, 3.63) is 58.4 Å². The van der Waals surface area contributed by atoms with Crippen LogP contribution in [-0.2, 0) is 6.54 Å². The molecule has 1 heterocycles. The van der Waals surface area contributed by atoms with Gasteiger partial charge >= 0.3 is 0 Å². The molecule has 0 aliphatic rings. The molecule has 3 rings (SSSR count). The molecular formula is C19H18BrN3O4. The molecule has 2 aromatic carbocycles. The second-order valence-electron chi connectivity index (χ2n) is 5.78. The van der Waals surface area contributed by atoms with Crippen molar-refractivity contribution < 1.29 is 18.8 Å². The Hall–Kier alpha value is -2.87. The van der Waals surface area contributed by atoms with Gasteiger partial charge in [-0.15, -0.1) is 0 Å². The molecule has 0 aliphatic heterocycles. The molecule has 1 amide bonds. The minimum atomic E-state index is -0.214. The zero-order valence-electron chi connectivity index (χ0n) is 15.1. The van der Waals surface area contributed by atoms with Gasteiger partial charge in [-0.25, -0.2) is 0 Å². The van der Waals surface area contributed by atoms with Crippen LogP contribution in [0.2, 0.25) is 0 Å². The first kappa shape index (κ1) is 18.9. The number of carbonyl (C=O) groups excluding carboxylic acids is 1. The molecule has 0 saturated carbocycles. The van der Waals surface area contributed by atoms with E-state index in [9.17, 15) is 4.79 Å². The third-order valence-electron chi connectivity index (χ3n) is 3.87. The Kier molecular flexibility index (Phi) is 5.75. The monoisotopic (exact) mass is 431 g/mol. The van der Waals surface area contributed by atoms with Crippen molar-refractivity contribution in [1.82, 2.24) is 15.0 Å². The van der Waals surface area contributed by atoms with Crippen molar-refractivity contribution in [2.75, 3.05) is 21.3 Å². The van der Waals surface area contributed by atoms with Crippen LogP contribution in [0.1, 0.15) is 16.2 Å². The first-order valence-electron chi connectivity index (χ1n) is 8.07. The number of ether oxygens (including phenoxy) is 2. The van der Waals surface area contributed by atoms with Crippen molar-refractivity contribution in [2.45, 2.75) is 6.54 Å². The highest BCUT2D eigenvalue weighted by atomic mass is 79.9. The van der Waals surface area contributed by atoms with E-state index >= 15 is 0 Å². The number of nitrogens with zero attached hydrogens (tertiary/aromatic N) is 3. The van der Waals surface area contributed by atoms with Crippen molar-refractivity contribution in [1.29, 1.82) is 0 Å². The van der Waals surface area contributed by atoms with Crippen LogP contribution in [0.4, 0.5) is 0 Å². The fourth-order valence-electron chi connectivity index (χ4n) is 2.49. The normalized spacial score (nSPS) is 10.5. The van der Waals surface area contributed by atoms with Gasteiger partial charge in [0.1, 0.15) is 11.5 Å². The van der Waals surface area contributed by atoms with Crippen molar-refractivity contribution >= 4 is 21.8 Å². The van der Waals surface area contributed by atoms with E-state index in [2.05, 4.69) is 26.1 Å². The van der Waals surface area contributed by atoms with E-state index in [0.717, 1.165) is 10.0 Å². The molecule has 0 spiro atoms. The summed E-state index contributed by atoms with van der Waals surface area (Å²) in [7, 11) is 4.74. The van der Waals surface area contributed by atoms with Crippen LogP contribution in [0, 0.1) is 0 Å². The number of hydrogen-bond donors (Lipinski definition) is 0. The van der Waals surface area contributed by atoms with E-state index in [-0.39, 0.29) is 12.5 Å². The first-order chi connectivity index (χ1) is 13.0. The van der Waals surface area contributed by atoms with Gasteiger partial charge in [-0.05, 0) is 24.3 Å². The number of benzene rings is 2. The molecule has 0 atom stereocenters. The van der Waals surface area contributed by atoms with Crippen LogP contribution >= 0.6 is 15.9 Å². The van der Waals surface area contributed by atoms with Crippen molar-refractivity contribution in [2.24, 2.45) is 0 Å². The highest BCUT2D eigenvalue weighted by Crippen LogP contribution is 2.24. The maximum Gasteiger partial charge on any atom is 0.254 e. The minimum absolute atomic E-state index is 0.180. The fraction of sp³-hybridized carbons (Fsp3) is 0.211. The van der Waals surface area contributed by atoms with Crippen LogP contribution in [0.5, 0.6) is 11.5 Å². The van der Waals surface area contributed by atoms with E-state index in [1.165, 1.54) is 19.1 Å². The summed E-state index contributed by atoms with van der Waals surface area (Å²) in [4.78, 5) is 18.6. The molecule has 0 bridgehead atoms. The number of rotatable bonds is 6. The van der Waals surface area contributed by atoms with Gasteiger partial charge in [0.15, 0.2) is 0 Å². The van der Waals surface area contributed by atoms with Gasteiger partial charge < -0.3 is 18.9 Å². The van der Waals surface area contributed by atoms with Gasteiger partial charge in [-0.2, -0.15) is 4.98 Å². The predicted octanol–water partition coefficient (Wildman–Crippen LogP) is 3.79. The first-order valence-corrected chi connectivity index (χ1v) is 8.86. The van der Waals surface area contributed by atoms with Gasteiger partial charge in [-0.3, -0.25) is 4.79 Å². The van der Waals surface area contributed by atoms with Gasteiger partial charge in [0.2, 0.25) is 11.7 Å². The van der Waals surface area contributed by atoms with E-state index in [4.69, 9.17) is 14.0 Å². The molecule has 1 aromatic heterocycles. The second-order valence-corrected chi connectivity index (χ2v) is 6.70. The highest BCUT2D eigenvalue weighted by Gasteiger charge is 2.18. The smallest absolute Gasteiger partial charge is 0.254 e. The lowest BCUT2D eigenvalue weighted by molar-refractivity contribution is 0.0769. The predicted molar refractivity (Wildman–Crippen MR) is 103 cm³/mol. The standard InChI is InChI=1S/C19H18BrN3O4/c1-23(19(24)13-8-15(25-2)10-16(9-13)26-3)11-17-21-18(22-27-17)12-5-4-6-14(20)7-12/h4-10H,11H2,1-3H3. The molecule has 0 saturated heterocycles. The van der Waals surface area contributed by atoms with Crippen molar-refractivity contribution in [3.8, 4) is 22.9 Å². The topological polar surface area (TPSA) is 77.7 Å².